The van der Waals surface area contributed by atoms with Crippen LogP contribution < -0.4 is 5.32 Å². The van der Waals surface area contributed by atoms with Gasteiger partial charge in [-0.05, 0) is 24.1 Å². The Morgan fingerprint density at radius 3 is 2.75 bits per heavy atom. The summed E-state index contributed by atoms with van der Waals surface area (Å²) >= 11 is 1.62. The molecule has 0 heterocycles. The zero-order chi connectivity index (χ0) is 12.0. The van der Waals surface area contributed by atoms with Gasteiger partial charge in [0.2, 0.25) is 0 Å². The smallest absolute Gasteiger partial charge is 0.137 e. The van der Waals surface area contributed by atoms with Crippen molar-refractivity contribution < 1.29 is 4.39 Å². The van der Waals surface area contributed by atoms with E-state index in [-0.39, 0.29) is 5.82 Å². The van der Waals surface area contributed by atoms with Gasteiger partial charge in [-0.15, -0.1) is 11.8 Å². The van der Waals surface area contributed by atoms with Crippen molar-refractivity contribution in [3.8, 4) is 0 Å². The Kier molecular flexibility index (Phi) is 5.85. The summed E-state index contributed by atoms with van der Waals surface area (Å²) in [6, 6.07) is 5.31. The van der Waals surface area contributed by atoms with Crippen molar-refractivity contribution in [2.75, 3.05) is 12.3 Å². The molecule has 3 heteroatoms. The van der Waals surface area contributed by atoms with Gasteiger partial charge in [0.05, 0.1) is 0 Å². The predicted octanol–water partition coefficient (Wildman–Crippen LogP) is 3.68. The molecule has 1 aromatic rings. The van der Waals surface area contributed by atoms with Gasteiger partial charge in [-0.2, -0.15) is 0 Å². The van der Waals surface area contributed by atoms with Crippen LogP contribution in [0.5, 0.6) is 0 Å². The molecule has 0 bridgehead atoms. The SMILES string of the molecule is CCNCc1cccc(F)c1SCC(C)C. The van der Waals surface area contributed by atoms with Crippen molar-refractivity contribution in [3.05, 3.63) is 29.6 Å². The van der Waals surface area contributed by atoms with Crippen molar-refractivity contribution in [2.45, 2.75) is 32.2 Å². The third-order valence-electron chi connectivity index (χ3n) is 2.17. The largest absolute Gasteiger partial charge is 0.313 e. The number of thioether (sulfide) groups is 1. The fraction of sp³-hybridized carbons (Fsp3) is 0.538. The lowest BCUT2D eigenvalue weighted by Gasteiger charge is -2.11. The summed E-state index contributed by atoms with van der Waals surface area (Å²) in [6.07, 6.45) is 0. The zero-order valence-corrected chi connectivity index (χ0v) is 11.0. The molecule has 0 spiro atoms. The quantitative estimate of drug-likeness (QED) is 0.762. The highest BCUT2D eigenvalue weighted by molar-refractivity contribution is 7.99. The van der Waals surface area contributed by atoms with Crippen LogP contribution in [0.25, 0.3) is 0 Å². The molecular weight excluding hydrogens is 221 g/mol. The topological polar surface area (TPSA) is 12.0 Å². The fourth-order valence-corrected chi connectivity index (χ4v) is 2.40. The van der Waals surface area contributed by atoms with Crippen molar-refractivity contribution in [1.29, 1.82) is 0 Å². The Hall–Kier alpha value is -0.540. The highest BCUT2D eigenvalue weighted by Crippen LogP contribution is 2.27. The first-order chi connectivity index (χ1) is 7.65. The number of halogens is 1. The Bertz CT molecular complexity index is 326. The van der Waals surface area contributed by atoms with E-state index in [1.54, 1.807) is 17.8 Å². The molecule has 0 saturated carbocycles. The summed E-state index contributed by atoms with van der Waals surface area (Å²) in [4.78, 5) is 0.803. The van der Waals surface area contributed by atoms with Gasteiger partial charge in [0.1, 0.15) is 5.82 Å². The van der Waals surface area contributed by atoms with Crippen molar-refractivity contribution in [1.82, 2.24) is 5.32 Å². The molecular formula is C13H20FNS. The van der Waals surface area contributed by atoms with E-state index in [0.717, 1.165) is 29.3 Å². The minimum absolute atomic E-state index is 0.0962. The third-order valence-corrected chi connectivity index (χ3v) is 3.75. The van der Waals surface area contributed by atoms with Crippen LogP contribution in [0.4, 0.5) is 4.39 Å². The second-order valence-electron chi connectivity index (χ2n) is 4.21. The van der Waals surface area contributed by atoms with Gasteiger partial charge >= 0.3 is 0 Å². The Morgan fingerprint density at radius 2 is 2.12 bits per heavy atom. The van der Waals surface area contributed by atoms with E-state index in [1.807, 2.05) is 6.07 Å². The lowest BCUT2D eigenvalue weighted by molar-refractivity contribution is 0.591. The summed E-state index contributed by atoms with van der Waals surface area (Å²) in [6.45, 7) is 8.01. The molecule has 16 heavy (non-hydrogen) atoms. The Morgan fingerprint density at radius 1 is 1.38 bits per heavy atom. The highest BCUT2D eigenvalue weighted by Gasteiger charge is 2.09. The average molecular weight is 241 g/mol. The second-order valence-corrected chi connectivity index (χ2v) is 5.24. The molecule has 1 rings (SSSR count). The van der Waals surface area contributed by atoms with Crippen molar-refractivity contribution in [2.24, 2.45) is 5.92 Å². The molecule has 0 aromatic heterocycles. The first-order valence-electron chi connectivity index (χ1n) is 5.76. The Labute approximate surface area is 102 Å². The standard InChI is InChI=1S/C13H20FNS/c1-4-15-8-11-6-5-7-12(14)13(11)16-9-10(2)3/h5-7,10,15H,4,8-9H2,1-3H3. The number of hydrogen-bond acceptors (Lipinski definition) is 2. The van der Waals surface area contributed by atoms with Crippen molar-refractivity contribution >= 4 is 11.8 Å². The molecule has 1 aromatic carbocycles. The summed E-state index contributed by atoms with van der Waals surface area (Å²) in [7, 11) is 0. The van der Waals surface area contributed by atoms with E-state index in [9.17, 15) is 4.39 Å². The normalized spacial score (nSPS) is 11.1. The third kappa shape index (κ3) is 4.14. The summed E-state index contributed by atoms with van der Waals surface area (Å²) in [5.74, 6) is 1.44. The minimum Gasteiger partial charge on any atom is -0.313 e. The molecule has 0 atom stereocenters. The lowest BCUT2D eigenvalue weighted by Crippen LogP contribution is -2.13. The maximum Gasteiger partial charge on any atom is 0.137 e. The van der Waals surface area contributed by atoms with Crippen LogP contribution in [0.15, 0.2) is 23.1 Å². The van der Waals surface area contributed by atoms with Crippen molar-refractivity contribution in [3.63, 3.8) is 0 Å². The molecule has 0 aliphatic carbocycles. The van der Waals surface area contributed by atoms with Crippen LogP contribution >= 0.6 is 11.8 Å². The van der Waals surface area contributed by atoms with E-state index < -0.39 is 0 Å². The average Bonchev–Trinajstić information content (AvgIpc) is 2.24. The molecule has 0 amide bonds. The van der Waals surface area contributed by atoms with E-state index in [4.69, 9.17) is 0 Å². The molecule has 0 fully saturated rings. The molecule has 0 aliphatic heterocycles. The zero-order valence-electron chi connectivity index (χ0n) is 10.2. The van der Waals surface area contributed by atoms with Crippen LogP contribution in [0.1, 0.15) is 26.3 Å². The van der Waals surface area contributed by atoms with E-state index in [1.165, 1.54) is 6.07 Å². The molecule has 1 nitrogen and oxygen atoms in total. The number of hydrogen-bond donors (Lipinski definition) is 1. The second kappa shape index (κ2) is 6.92. The van der Waals surface area contributed by atoms with Crippen LogP contribution in [0.3, 0.4) is 0 Å². The van der Waals surface area contributed by atoms with Gasteiger partial charge in [-0.25, -0.2) is 4.39 Å². The molecule has 0 aliphatic rings. The maximum atomic E-state index is 13.7. The van der Waals surface area contributed by atoms with Gasteiger partial charge in [0.15, 0.2) is 0 Å². The van der Waals surface area contributed by atoms with Crippen LogP contribution in [-0.2, 0) is 6.54 Å². The predicted molar refractivity (Wildman–Crippen MR) is 69.3 cm³/mol. The molecule has 90 valence electrons. The summed E-state index contributed by atoms with van der Waals surface area (Å²) in [5, 5.41) is 3.24. The highest BCUT2D eigenvalue weighted by atomic mass is 32.2. The van der Waals surface area contributed by atoms with E-state index in [0.29, 0.717) is 5.92 Å². The van der Waals surface area contributed by atoms with Gasteiger partial charge in [-0.3, -0.25) is 0 Å². The first kappa shape index (κ1) is 13.5. The summed E-state index contributed by atoms with van der Waals surface area (Å²) < 4.78 is 13.7. The first-order valence-corrected chi connectivity index (χ1v) is 6.74. The summed E-state index contributed by atoms with van der Waals surface area (Å²) in [5.41, 5.74) is 1.06. The maximum absolute atomic E-state index is 13.7. The van der Waals surface area contributed by atoms with Gasteiger partial charge < -0.3 is 5.32 Å². The minimum atomic E-state index is -0.0962. The van der Waals surface area contributed by atoms with Gasteiger partial charge in [-0.1, -0.05) is 32.9 Å². The van der Waals surface area contributed by atoms with Crippen LogP contribution in [0, 0.1) is 11.7 Å². The fourth-order valence-electron chi connectivity index (χ4n) is 1.36. The van der Waals surface area contributed by atoms with E-state index in [2.05, 4.69) is 26.1 Å². The number of benzene rings is 1. The molecule has 0 radical (unpaired) electrons. The van der Waals surface area contributed by atoms with Gasteiger partial charge in [0, 0.05) is 17.2 Å². The monoisotopic (exact) mass is 241 g/mol. The van der Waals surface area contributed by atoms with Crippen LogP contribution in [-0.4, -0.2) is 12.3 Å². The number of rotatable bonds is 6. The van der Waals surface area contributed by atoms with Crippen LogP contribution in [0.2, 0.25) is 0 Å². The van der Waals surface area contributed by atoms with Gasteiger partial charge in [0.25, 0.3) is 0 Å². The Balaban J connectivity index is 2.77. The molecule has 1 N–H and O–H groups in total. The number of nitrogens with one attached hydrogen (secondary N) is 1. The van der Waals surface area contributed by atoms with E-state index >= 15 is 0 Å². The molecule has 0 unspecified atom stereocenters. The molecule has 0 saturated heterocycles. The lowest BCUT2D eigenvalue weighted by atomic mass is 10.2.